The van der Waals surface area contributed by atoms with E-state index in [9.17, 15) is 4.79 Å². The Morgan fingerprint density at radius 3 is 2.80 bits per heavy atom. The van der Waals surface area contributed by atoms with E-state index in [2.05, 4.69) is 43.2 Å². The van der Waals surface area contributed by atoms with Crippen LogP contribution in [0.5, 0.6) is 0 Å². The summed E-state index contributed by atoms with van der Waals surface area (Å²) in [6.45, 7) is 1.98. The molecule has 2 heterocycles. The van der Waals surface area contributed by atoms with Crippen molar-refractivity contribution in [2.24, 2.45) is 5.92 Å². The first-order valence-electron chi connectivity index (χ1n) is 6.54. The van der Waals surface area contributed by atoms with Gasteiger partial charge in [0, 0.05) is 33.5 Å². The Hall–Kier alpha value is -1.44. The fourth-order valence-electron chi connectivity index (χ4n) is 2.13. The number of halogens is 1. The van der Waals surface area contributed by atoms with E-state index in [1.807, 2.05) is 20.0 Å². The monoisotopic (exact) mass is 382 g/mol. The average Bonchev–Trinajstić information content (AvgIpc) is 3.27. The Balaban J connectivity index is 2.05. The molecule has 0 spiro atoms. The number of pyridine rings is 2. The van der Waals surface area contributed by atoms with Crippen LogP contribution in [0, 0.1) is 16.4 Å². The number of nitrogens with zero attached hydrogens (tertiary/aromatic N) is 2. The van der Waals surface area contributed by atoms with E-state index in [-0.39, 0.29) is 11.8 Å². The molecule has 5 nitrogen and oxygen atoms in total. The van der Waals surface area contributed by atoms with Crippen molar-refractivity contribution < 1.29 is 4.79 Å². The lowest BCUT2D eigenvalue weighted by molar-refractivity contribution is -0.117. The fourth-order valence-corrected chi connectivity index (χ4v) is 2.70. The van der Waals surface area contributed by atoms with Crippen LogP contribution in [0.25, 0.3) is 10.8 Å². The van der Waals surface area contributed by atoms with E-state index in [4.69, 9.17) is 0 Å². The highest BCUT2D eigenvalue weighted by molar-refractivity contribution is 14.1. The molecule has 0 radical (unpaired) electrons. The van der Waals surface area contributed by atoms with Crippen LogP contribution in [0.4, 0.5) is 11.6 Å². The number of rotatable bonds is 3. The molecule has 104 valence electrons. The number of anilines is 2. The van der Waals surface area contributed by atoms with Crippen LogP contribution in [0.3, 0.4) is 0 Å². The number of aryl methyl sites for hydroxylation is 1. The first-order chi connectivity index (χ1) is 9.60. The molecular formula is C14H15IN4O. The first-order valence-corrected chi connectivity index (χ1v) is 7.62. The maximum atomic E-state index is 11.8. The van der Waals surface area contributed by atoms with Gasteiger partial charge in [0.2, 0.25) is 5.91 Å². The lowest BCUT2D eigenvalue weighted by Gasteiger charge is -2.11. The highest BCUT2D eigenvalue weighted by atomic mass is 127. The maximum absolute atomic E-state index is 11.8. The zero-order chi connectivity index (χ0) is 14.3. The van der Waals surface area contributed by atoms with Crippen LogP contribution >= 0.6 is 22.6 Å². The van der Waals surface area contributed by atoms with Crippen LogP contribution in [-0.2, 0) is 4.79 Å². The first kappa shape index (κ1) is 13.5. The highest BCUT2D eigenvalue weighted by Crippen LogP contribution is 2.32. The molecule has 1 aliphatic carbocycles. The smallest absolute Gasteiger partial charge is 0.228 e. The molecule has 0 saturated heterocycles. The minimum atomic E-state index is 0.0754. The summed E-state index contributed by atoms with van der Waals surface area (Å²) in [7, 11) is 1.84. The van der Waals surface area contributed by atoms with Crippen molar-refractivity contribution in [3.05, 3.63) is 21.5 Å². The van der Waals surface area contributed by atoms with Gasteiger partial charge in [0.15, 0.2) is 0 Å². The van der Waals surface area contributed by atoms with Gasteiger partial charge in [-0.1, -0.05) is 0 Å². The van der Waals surface area contributed by atoms with Crippen LogP contribution in [0.2, 0.25) is 0 Å². The third kappa shape index (κ3) is 2.44. The minimum Gasteiger partial charge on any atom is -0.373 e. The Kier molecular flexibility index (Phi) is 3.49. The molecule has 2 aromatic heterocycles. The molecular weight excluding hydrogens is 367 g/mol. The Morgan fingerprint density at radius 2 is 2.15 bits per heavy atom. The van der Waals surface area contributed by atoms with E-state index in [1.54, 1.807) is 6.20 Å². The zero-order valence-corrected chi connectivity index (χ0v) is 13.5. The SMILES string of the molecule is CNc1nc(C)c(I)c2cc(NC(=O)C3CC3)ncc12. The van der Waals surface area contributed by atoms with Crippen molar-refractivity contribution in [2.75, 3.05) is 17.7 Å². The Bertz CT molecular complexity index is 697. The number of carbonyl (C=O) groups excluding carboxylic acids is 1. The molecule has 1 fully saturated rings. The van der Waals surface area contributed by atoms with Gasteiger partial charge in [-0.15, -0.1) is 0 Å². The Morgan fingerprint density at radius 1 is 1.40 bits per heavy atom. The normalized spacial score (nSPS) is 14.3. The molecule has 1 amide bonds. The van der Waals surface area contributed by atoms with Gasteiger partial charge in [0.05, 0.1) is 5.69 Å². The van der Waals surface area contributed by atoms with Gasteiger partial charge in [-0.3, -0.25) is 4.79 Å². The number of fused-ring (bicyclic) bond motifs is 1. The largest absolute Gasteiger partial charge is 0.373 e. The third-order valence-electron chi connectivity index (χ3n) is 3.43. The maximum Gasteiger partial charge on any atom is 0.228 e. The van der Waals surface area contributed by atoms with Crippen LogP contribution in [0.1, 0.15) is 18.5 Å². The summed E-state index contributed by atoms with van der Waals surface area (Å²) >= 11 is 2.28. The van der Waals surface area contributed by atoms with Crippen molar-refractivity contribution >= 4 is 50.9 Å². The van der Waals surface area contributed by atoms with Crippen molar-refractivity contribution in [3.8, 4) is 0 Å². The van der Waals surface area contributed by atoms with Crippen LogP contribution in [-0.4, -0.2) is 22.9 Å². The van der Waals surface area contributed by atoms with E-state index >= 15 is 0 Å². The van der Waals surface area contributed by atoms with Gasteiger partial charge in [-0.2, -0.15) is 0 Å². The van der Waals surface area contributed by atoms with Gasteiger partial charge in [0.1, 0.15) is 11.6 Å². The number of carbonyl (C=O) groups is 1. The molecule has 20 heavy (non-hydrogen) atoms. The fraction of sp³-hybridized carbons (Fsp3) is 0.357. The molecule has 0 aromatic carbocycles. The quantitative estimate of drug-likeness (QED) is 0.802. The molecule has 3 rings (SSSR count). The van der Waals surface area contributed by atoms with Crippen molar-refractivity contribution in [2.45, 2.75) is 19.8 Å². The highest BCUT2D eigenvalue weighted by Gasteiger charge is 2.29. The van der Waals surface area contributed by atoms with Gasteiger partial charge in [-0.05, 0) is 48.4 Å². The van der Waals surface area contributed by atoms with Crippen molar-refractivity contribution in [3.63, 3.8) is 0 Å². The molecule has 2 aromatic rings. The number of hydrogen-bond acceptors (Lipinski definition) is 4. The predicted octanol–water partition coefficient (Wildman–Crippen LogP) is 2.93. The molecule has 0 aliphatic heterocycles. The third-order valence-corrected chi connectivity index (χ3v) is 4.79. The number of nitrogens with one attached hydrogen (secondary N) is 2. The standard InChI is InChI=1S/C14H15IN4O/c1-7-12(15)9-5-11(19-14(20)8-3-4-8)17-6-10(9)13(16-2)18-7/h5-6,8H,3-4H2,1-2H3,(H,16,18)(H,17,19,20). The molecule has 6 heteroatoms. The second kappa shape index (κ2) is 5.16. The molecule has 2 N–H and O–H groups in total. The van der Waals surface area contributed by atoms with Gasteiger partial charge in [0.25, 0.3) is 0 Å². The topological polar surface area (TPSA) is 66.9 Å². The summed E-state index contributed by atoms with van der Waals surface area (Å²) in [5.41, 5.74) is 0.966. The number of amides is 1. The summed E-state index contributed by atoms with van der Waals surface area (Å²) in [6.07, 6.45) is 3.74. The Labute approximate surface area is 130 Å². The molecule has 0 atom stereocenters. The number of aromatic nitrogens is 2. The summed E-state index contributed by atoms with van der Waals surface area (Å²) in [5.74, 6) is 1.68. The summed E-state index contributed by atoms with van der Waals surface area (Å²) < 4.78 is 1.08. The van der Waals surface area contributed by atoms with Crippen LogP contribution < -0.4 is 10.6 Å². The summed E-state index contributed by atoms with van der Waals surface area (Å²) in [4.78, 5) is 20.6. The molecule has 0 bridgehead atoms. The van der Waals surface area contributed by atoms with Gasteiger partial charge >= 0.3 is 0 Å². The predicted molar refractivity (Wildman–Crippen MR) is 87.9 cm³/mol. The molecule has 1 aliphatic rings. The average molecular weight is 382 g/mol. The van der Waals surface area contributed by atoms with Crippen molar-refractivity contribution in [1.29, 1.82) is 0 Å². The van der Waals surface area contributed by atoms with E-state index in [0.717, 1.165) is 38.7 Å². The van der Waals surface area contributed by atoms with Gasteiger partial charge < -0.3 is 10.6 Å². The molecule has 1 saturated carbocycles. The van der Waals surface area contributed by atoms with E-state index in [0.29, 0.717) is 5.82 Å². The second-order valence-electron chi connectivity index (χ2n) is 4.99. The summed E-state index contributed by atoms with van der Waals surface area (Å²) in [6, 6.07) is 1.92. The van der Waals surface area contributed by atoms with E-state index in [1.165, 1.54) is 0 Å². The number of hydrogen-bond donors (Lipinski definition) is 2. The molecule has 0 unspecified atom stereocenters. The van der Waals surface area contributed by atoms with Gasteiger partial charge in [-0.25, -0.2) is 9.97 Å². The lowest BCUT2D eigenvalue weighted by atomic mass is 10.2. The van der Waals surface area contributed by atoms with Crippen molar-refractivity contribution in [1.82, 2.24) is 9.97 Å². The zero-order valence-electron chi connectivity index (χ0n) is 11.3. The second-order valence-corrected chi connectivity index (χ2v) is 6.07. The van der Waals surface area contributed by atoms with E-state index < -0.39 is 0 Å². The van der Waals surface area contributed by atoms with Crippen LogP contribution in [0.15, 0.2) is 12.3 Å². The lowest BCUT2D eigenvalue weighted by Crippen LogP contribution is -2.14. The summed E-state index contributed by atoms with van der Waals surface area (Å²) in [5, 5.41) is 7.99. The minimum absolute atomic E-state index is 0.0754.